The number of hydrogen-bond donors (Lipinski definition) is 1. The molecule has 0 bridgehead atoms. The lowest BCUT2D eigenvalue weighted by Crippen LogP contribution is -2.48. The second-order valence-corrected chi connectivity index (χ2v) is 5.63. The van der Waals surface area contributed by atoms with Crippen molar-refractivity contribution in [2.45, 2.75) is 62.7 Å². The molecule has 16 heavy (non-hydrogen) atoms. The van der Waals surface area contributed by atoms with Gasteiger partial charge in [0, 0.05) is 19.1 Å². The summed E-state index contributed by atoms with van der Waals surface area (Å²) in [6.45, 7) is 2.98. The van der Waals surface area contributed by atoms with Gasteiger partial charge in [0.2, 0.25) is 0 Å². The molecule has 1 spiro atoms. The lowest BCUT2D eigenvalue weighted by Gasteiger charge is -2.47. The topological polar surface area (TPSA) is 30.5 Å². The predicted molar refractivity (Wildman–Crippen MR) is 62.5 cm³/mol. The van der Waals surface area contributed by atoms with Crippen molar-refractivity contribution in [3.05, 3.63) is 0 Å². The van der Waals surface area contributed by atoms with Crippen molar-refractivity contribution in [2.75, 3.05) is 19.8 Å². The molecule has 3 heteroatoms. The van der Waals surface area contributed by atoms with E-state index in [-0.39, 0.29) is 5.60 Å². The molecule has 2 saturated heterocycles. The smallest absolute Gasteiger partial charge is 0.0707 e. The molecule has 3 fully saturated rings. The Labute approximate surface area is 97.9 Å². The Bertz CT molecular complexity index is 234. The van der Waals surface area contributed by atoms with Gasteiger partial charge < -0.3 is 14.8 Å². The molecule has 1 aliphatic carbocycles. The van der Waals surface area contributed by atoms with Gasteiger partial charge in [-0.1, -0.05) is 0 Å². The molecule has 0 amide bonds. The fourth-order valence-electron chi connectivity index (χ4n) is 3.20. The van der Waals surface area contributed by atoms with E-state index in [2.05, 4.69) is 5.32 Å². The zero-order chi connectivity index (χ0) is 10.8. The Kier molecular flexibility index (Phi) is 3.18. The van der Waals surface area contributed by atoms with E-state index < -0.39 is 0 Å². The van der Waals surface area contributed by atoms with E-state index in [0.29, 0.717) is 12.1 Å². The largest absolute Gasteiger partial charge is 0.376 e. The highest BCUT2D eigenvalue weighted by Crippen LogP contribution is 2.42. The predicted octanol–water partition coefficient (Wildman–Crippen LogP) is 1.86. The number of nitrogens with one attached hydrogen (secondary N) is 1. The van der Waals surface area contributed by atoms with Crippen LogP contribution < -0.4 is 5.32 Å². The first kappa shape index (κ1) is 11.0. The molecule has 3 aliphatic rings. The van der Waals surface area contributed by atoms with E-state index >= 15 is 0 Å². The average Bonchev–Trinajstić information content (AvgIpc) is 2.77. The highest BCUT2D eigenvalue weighted by molar-refractivity contribution is 4.94. The molecule has 2 aliphatic heterocycles. The van der Waals surface area contributed by atoms with Gasteiger partial charge in [-0.25, -0.2) is 0 Å². The Morgan fingerprint density at radius 2 is 2.19 bits per heavy atom. The third-order valence-electron chi connectivity index (χ3n) is 4.41. The molecule has 2 unspecified atom stereocenters. The minimum absolute atomic E-state index is 0.228. The third kappa shape index (κ3) is 2.27. The fourth-order valence-corrected chi connectivity index (χ4v) is 3.20. The van der Waals surface area contributed by atoms with E-state index in [1.807, 2.05) is 0 Å². The molecule has 2 heterocycles. The Morgan fingerprint density at radius 1 is 1.25 bits per heavy atom. The van der Waals surface area contributed by atoms with Gasteiger partial charge in [0.15, 0.2) is 0 Å². The summed E-state index contributed by atoms with van der Waals surface area (Å²) >= 11 is 0. The molecular weight excluding hydrogens is 202 g/mol. The van der Waals surface area contributed by atoms with Crippen molar-refractivity contribution in [1.29, 1.82) is 0 Å². The summed E-state index contributed by atoms with van der Waals surface area (Å²) in [6, 6.07) is 0.611. The van der Waals surface area contributed by atoms with Crippen LogP contribution in [0.4, 0.5) is 0 Å². The summed E-state index contributed by atoms with van der Waals surface area (Å²) in [7, 11) is 0. The maximum atomic E-state index is 6.06. The van der Waals surface area contributed by atoms with Crippen LogP contribution >= 0.6 is 0 Å². The second-order valence-electron chi connectivity index (χ2n) is 5.63. The third-order valence-corrected chi connectivity index (χ3v) is 4.41. The van der Waals surface area contributed by atoms with Crippen LogP contribution in [-0.4, -0.2) is 37.5 Å². The Hall–Kier alpha value is -0.120. The molecule has 3 nitrogen and oxygen atoms in total. The van der Waals surface area contributed by atoms with E-state index in [1.54, 1.807) is 0 Å². The first-order valence-corrected chi connectivity index (χ1v) is 6.85. The van der Waals surface area contributed by atoms with Crippen molar-refractivity contribution in [1.82, 2.24) is 5.32 Å². The first-order valence-electron chi connectivity index (χ1n) is 6.85. The van der Waals surface area contributed by atoms with Gasteiger partial charge in [-0.3, -0.25) is 0 Å². The van der Waals surface area contributed by atoms with Crippen LogP contribution in [-0.2, 0) is 9.47 Å². The lowest BCUT2D eigenvalue weighted by atomic mass is 9.74. The number of ether oxygens (including phenoxy) is 2. The van der Waals surface area contributed by atoms with Gasteiger partial charge in [-0.2, -0.15) is 0 Å². The van der Waals surface area contributed by atoms with Crippen molar-refractivity contribution >= 4 is 0 Å². The van der Waals surface area contributed by atoms with Gasteiger partial charge in [0.25, 0.3) is 0 Å². The van der Waals surface area contributed by atoms with Crippen molar-refractivity contribution in [3.8, 4) is 0 Å². The van der Waals surface area contributed by atoms with Crippen LogP contribution in [0.5, 0.6) is 0 Å². The van der Waals surface area contributed by atoms with Gasteiger partial charge in [-0.15, -0.1) is 0 Å². The summed E-state index contributed by atoms with van der Waals surface area (Å²) in [5.41, 5.74) is 0.228. The van der Waals surface area contributed by atoms with Crippen molar-refractivity contribution in [2.24, 2.45) is 0 Å². The standard InChI is InChI=1S/C13H23NO2/c1-3-11(14-7-1)10-15-12-4-8-16-13(9-12)5-2-6-13/h11-12,14H,1-10H2. The van der Waals surface area contributed by atoms with Gasteiger partial charge in [0.1, 0.15) is 0 Å². The lowest BCUT2D eigenvalue weighted by molar-refractivity contribution is -0.170. The summed E-state index contributed by atoms with van der Waals surface area (Å²) in [5.74, 6) is 0. The Morgan fingerprint density at radius 3 is 2.88 bits per heavy atom. The number of hydrogen-bond acceptors (Lipinski definition) is 3. The van der Waals surface area contributed by atoms with Crippen LogP contribution in [0, 0.1) is 0 Å². The summed E-state index contributed by atoms with van der Waals surface area (Å²) in [6.07, 6.45) is 9.14. The van der Waals surface area contributed by atoms with Crippen LogP contribution in [0.1, 0.15) is 44.9 Å². The van der Waals surface area contributed by atoms with Crippen LogP contribution in [0.3, 0.4) is 0 Å². The molecular formula is C13H23NO2. The summed E-state index contributed by atoms with van der Waals surface area (Å²) < 4.78 is 12.0. The van der Waals surface area contributed by atoms with E-state index in [0.717, 1.165) is 26.1 Å². The molecule has 1 saturated carbocycles. The van der Waals surface area contributed by atoms with Crippen molar-refractivity contribution < 1.29 is 9.47 Å². The fraction of sp³-hybridized carbons (Fsp3) is 1.00. The highest BCUT2D eigenvalue weighted by Gasteiger charge is 2.42. The van der Waals surface area contributed by atoms with Gasteiger partial charge >= 0.3 is 0 Å². The quantitative estimate of drug-likeness (QED) is 0.795. The van der Waals surface area contributed by atoms with E-state index in [1.165, 1.54) is 38.6 Å². The molecule has 92 valence electrons. The minimum atomic E-state index is 0.228. The van der Waals surface area contributed by atoms with Crippen LogP contribution in [0.15, 0.2) is 0 Å². The average molecular weight is 225 g/mol. The van der Waals surface area contributed by atoms with Crippen molar-refractivity contribution in [3.63, 3.8) is 0 Å². The molecule has 0 radical (unpaired) electrons. The molecule has 0 aromatic rings. The maximum absolute atomic E-state index is 6.06. The molecule has 2 atom stereocenters. The molecule has 0 aromatic carbocycles. The zero-order valence-corrected chi connectivity index (χ0v) is 10.0. The van der Waals surface area contributed by atoms with Gasteiger partial charge in [-0.05, 0) is 45.1 Å². The monoisotopic (exact) mass is 225 g/mol. The van der Waals surface area contributed by atoms with E-state index in [4.69, 9.17) is 9.47 Å². The summed E-state index contributed by atoms with van der Waals surface area (Å²) in [5, 5.41) is 3.49. The SMILES string of the molecule is C1CNC(COC2CCOC3(CCC3)C2)C1. The molecule has 1 N–H and O–H groups in total. The Balaban J connectivity index is 1.43. The van der Waals surface area contributed by atoms with Gasteiger partial charge in [0.05, 0.1) is 18.3 Å². The number of rotatable bonds is 3. The summed E-state index contributed by atoms with van der Waals surface area (Å²) in [4.78, 5) is 0. The highest BCUT2D eigenvalue weighted by atomic mass is 16.5. The normalized spacial score (nSPS) is 37.5. The second kappa shape index (κ2) is 4.63. The molecule has 0 aromatic heterocycles. The van der Waals surface area contributed by atoms with Crippen LogP contribution in [0.25, 0.3) is 0 Å². The zero-order valence-electron chi connectivity index (χ0n) is 10.0. The maximum Gasteiger partial charge on any atom is 0.0707 e. The molecule has 3 rings (SSSR count). The first-order chi connectivity index (χ1) is 7.86. The van der Waals surface area contributed by atoms with Crippen LogP contribution in [0.2, 0.25) is 0 Å². The minimum Gasteiger partial charge on any atom is -0.376 e. The van der Waals surface area contributed by atoms with E-state index in [9.17, 15) is 0 Å².